The number of ether oxygens (including phenoxy) is 1. The van der Waals surface area contributed by atoms with Crippen molar-refractivity contribution in [1.82, 2.24) is 4.90 Å². The number of aliphatic carboxylic acids is 1. The fourth-order valence-electron chi connectivity index (χ4n) is 4.04. The third-order valence-electron chi connectivity index (χ3n) is 6.07. The normalized spacial score (nSPS) is 22.8. The Balaban J connectivity index is 2.71. The summed E-state index contributed by atoms with van der Waals surface area (Å²) >= 11 is 6.39. The monoisotopic (exact) mass is 503 g/mol. The van der Waals surface area contributed by atoms with E-state index >= 15 is 0 Å². The third kappa shape index (κ3) is 6.20. The maximum absolute atomic E-state index is 13.4. The van der Waals surface area contributed by atoms with Crippen LogP contribution in [0.2, 0.25) is 0 Å². The van der Waals surface area contributed by atoms with Crippen molar-refractivity contribution in [2.45, 2.75) is 73.0 Å². The first kappa shape index (κ1) is 28.3. The Kier molecular flexibility index (Phi) is 9.06. The number of ketones is 2. The number of carboxylic acids is 1. The molecule has 1 N–H and O–H groups in total. The summed E-state index contributed by atoms with van der Waals surface area (Å²) in [6.45, 7) is 12.3. The number of hydrogen-bond acceptors (Lipinski definition) is 6. The van der Waals surface area contributed by atoms with E-state index in [2.05, 4.69) is 19.9 Å². The standard InChI is InChI=1S/C27H34ClNO6/c1-8-16(4)12-17(5)9-10-19-13-20-21(14-29(19)22(26(33)34)11-15(2)3)24(31)27(7,35-18(6)30)25(32)23(20)28/h9-10,12-16,22H,8,11H2,1-7H3,(H,33,34). The van der Waals surface area contributed by atoms with E-state index in [-0.39, 0.29) is 22.1 Å². The number of Topliss-reactive ketones (excluding diaryl/α,β-unsaturated/α-hetero) is 2. The molecule has 0 aromatic carbocycles. The molecular weight excluding hydrogens is 470 g/mol. The van der Waals surface area contributed by atoms with Gasteiger partial charge in [0, 0.05) is 30.0 Å². The average Bonchev–Trinajstić information content (AvgIpc) is 2.77. The van der Waals surface area contributed by atoms with Gasteiger partial charge in [0.15, 0.2) is 0 Å². The van der Waals surface area contributed by atoms with Crippen LogP contribution < -0.4 is 0 Å². The van der Waals surface area contributed by atoms with E-state index in [1.807, 2.05) is 26.8 Å². The molecule has 7 nitrogen and oxygen atoms in total. The van der Waals surface area contributed by atoms with Gasteiger partial charge in [0.25, 0.3) is 0 Å². The van der Waals surface area contributed by atoms with Crippen molar-refractivity contribution in [2.75, 3.05) is 0 Å². The molecule has 2 aliphatic rings. The lowest BCUT2D eigenvalue weighted by Crippen LogP contribution is -2.52. The first-order valence-electron chi connectivity index (χ1n) is 11.7. The minimum atomic E-state index is -2.11. The molecule has 3 unspecified atom stereocenters. The Labute approximate surface area is 211 Å². The zero-order chi connectivity index (χ0) is 26.7. The SMILES string of the molecule is CCC(C)C=C(C)C=CC1=CC2=C(Cl)C(=O)C(C)(OC(C)=O)C(=O)C2=CN1C(CC(C)C)C(=O)O. The fourth-order valence-corrected chi connectivity index (χ4v) is 4.38. The van der Waals surface area contributed by atoms with Gasteiger partial charge < -0.3 is 14.7 Å². The zero-order valence-electron chi connectivity index (χ0n) is 21.3. The van der Waals surface area contributed by atoms with Gasteiger partial charge in [0.2, 0.25) is 17.2 Å². The molecule has 1 aliphatic heterocycles. The van der Waals surface area contributed by atoms with Gasteiger partial charge in [-0.25, -0.2) is 4.79 Å². The fraction of sp³-hybridized carbons (Fsp3) is 0.481. The van der Waals surface area contributed by atoms with E-state index < -0.39 is 35.1 Å². The van der Waals surface area contributed by atoms with Crippen molar-refractivity contribution in [3.63, 3.8) is 0 Å². The van der Waals surface area contributed by atoms with E-state index in [9.17, 15) is 24.3 Å². The molecule has 0 aromatic heterocycles. The summed E-state index contributed by atoms with van der Waals surface area (Å²) in [5.41, 5.74) is -0.443. The highest BCUT2D eigenvalue weighted by Gasteiger charge is 2.52. The molecule has 0 radical (unpaired) electrons. The molecule has 0 aromatic rings. The number of carboxylic acid groups (broad SMARTS) is 1. The Hall–Kier alpha value is -2.93. The zero-order valence-corrected chi connectivity index (χ0v) is 22.1. The van der Waals surface area contributed by atoms with Gasteiger partial charge >= 0.3 is 11.9 Å². The number of nitrogens with zero attached hydrogens (tertiary/aromatic N) is 1. The van der Waals surface area contributed by atoms with Crippen molar-refractivity contribution in [1.29, 1.82) is 0 Å². The van der Waals surface area contributed by atoms with Crippen molar-refractivity contribution in [3.05, 3.63) is 58.0 Å². The molecule has 0 bridgehead atoms. The largest absolute Gasteiger partial charge is 0.480 e. The smallest absolute Gasteiger partial charge is 0.326 e. The number of halogens is 1. The molecule has 1 heterocycles. The van der Waals surface area contributed by atoms with Crippen LogP contribution in [0.1, 0.15) is 61.3 Å². The topological polar surface area (TPSA) is 101 Å². The van der Waals surface area contributed by atoms with E-state index in [0.29, 0.717) is 18.0 Å². The lowest BCUT2D eigenvalue weighted by atomic mass is 9.79. The molecule has 8 heteroatoms. The van der Waals surface area contributed by atoms with E-state index in [1.54, 1.807) is 12.2 Å². The summed E-state index contributed by atoms with van der Waals surface area (Å²) in [5.74, 6) is -2.99. The van der Waals surface area contributed by atoms with Crippen LogP contribution in [0, 0.1) is 11.8 Å². The summed E-state index contributed by atoms with van der Waals surface area (Å²) in [7, 11) is 0. The van der Waals surface area contributed by atoms with Crippen LogP contribution in [0.25, 0.3) is 0 Å². The summed E-state index contributed by atoms with van der Waals surface area (Å²) in [6.07, 6.45) is 9.97. The number of carbonyl (C=O) groups is 4. The molecule has 3 atom stereocenters. The number of hydrogen-bond donors (Lipinski definition) is 1. The second-order valence-corrected chi connectivity index (χ2v) is 10.0. The van der Waals surface area contributed by atoms with Crippen LogP contribution in [0.5, 0.6) is 0 Å². The van der Waals surface area contributed by atoms with Crippen molar-refractivity contribution in [2.24, 2.45) is 11.8 Å². The average molecular weight is 504 g/mol. The molecule has 0 saturated heterocycles. The van der Waals surface area contributed by atoms with Crippen LogP contribution in [0.4, 0.5) is 0 Å². The van der Waals surface area contributed by atoms with Gasteiger partial charge in [-0.05, 0) is 44.3 Å². The van der Waals surface area contributed by atoms with E-state index in [1.165, 1.54) is 18.0 Å². The maximum Gasteiger partial charge on any atom is 0.326 e. The predicted octanol–water partition coefficient (Wildman–Crippen LogP) is 5.08. The highest BCUT2D eigenvalue weighted by Crippen LogP contribution is 2.40. The maximum atomic E-state index is 13.4. The first-order valence-corrected chi connectivity index (χ1v) is 12.1. The van der Waals surface area contributed by atoms with Crippen LogP contribution in [0.3, 0.4) is 0 Å². The second kappa shape index (κ2) is 11.2. The lowest BCUT2D eigenvalue weighted by molar-refractivity contribution is -0.167. The van der Waals surface area contributed by atoms with Gasteiger partial charge in [-0.3, -0.25) is 14.4 Å². The number of rotatable bonds is 9. The summed E-state index contributed by atoms with van der Waals surface area (Å²) in [6, 6.07) is -0.969. The summed E-state index contributed by atoms with van der Waals surface area (Å²) < 4.78 is 5.11. The van der Waals surface area contributed by atoms with Gasteiger partial charge in [-0.1, -0.05) is 63.4 Å². The number of esters is 1. The summed E-state index contributed by atoms with van der Waals surface area (Å²) in [5, 5.41) is 9.78. The third-order valence-corrected chi connectivity index (χ3v) is 6.44. The predicted molar refractivity (Wildman–Crippen MR) is 134 cm³/mol. The van der Waals surface area contributed by atoms with Crippen molar-refractivity contribution >= 4 is 35.1 Å². The lowest BCUT2D eigenvalue weighted by Gasteiger charge is -2.37. The van der Waals surface area contributed by atoms with Crippen LogP contribution in [0.15, 0.2) is 58.0 Å². The van der Waals surface area contributed by atoms with Crippen LogP contribution >= 0.6 is 11.6 Å². The van der Waals surface area contributed by atoms with Gasteiger partial charge in [-0.2, -0.15) is 0 Å². The van der Waals surface area contributed by atoms with Crippen molar-refractivity contribution < 1.29 is 29.0 Å². The van der Waals surface area contributed by atoms with E-state index in [4.69, 9.17) is 16.3 Å². The summed E-state index contributed by atoms with van der Waals surface area (Å²) in [4.78, 5) is 51.7. The molecular formula is C27H34ClNO6. The molecule has 0 amide bonds. The van der Waals surface area contributed by atoms with Gasteiger partial charge in [-0.15, -0.1) is 0 Å². The van der Waals surface area contributed by atoms with Gasteiger partial charge in [0.1, 0.15) is 6.04 Å². The number of allylic oxidation sites excluding steroid dienone is 6. The minimum Gasteiger partial charge on any atom is -0.480 e. The Morgan fingerprint density at radius 2 is 1.83 bits per heavy atom. The van der Waals surface area contributed by atoms with Gasteiger partial charge in [0.05, 0.1) is 5.03 Å². The molecule has 190 valence electrons. The van der Waals surface area contributed by atoms with Crippen LogP contribution in [-0.2, 0) is 23.9 Å². The quantitative estimate of drug-likeness (QED) is 0.266. The van der Waals surface area contributed by atoms with Crippen LogP contribution in [-0.4, -0.2) is 45.2 Å². The second-order valence-electron chi connectivity index (χ2n) is 9.65. The molecule has 35 heavy (non-hydrogen) atoms. The molecule has 0 spiro atoms. The van der Waals surface area contributed by atoms with E-state index in [0.717, 1.165) is 18.9 Å². The Morgan fingerprint density at radius 1 is 1.20 bits per heavy atom. The molecule has 2 rings (SSSR count). The highest BCUT2D eigenvalue weighted by molar-refractivity contribution is 6.49. The van der Waals surface area contributed by atoms with Crippen molar-refractivity contribution in [3.8, 4) is 0 Å². The Bertz CT molecular complexity index is 1080. The first-order chi connectivity index (χ1) is 16.2. The number of fused-ring (bicyclic) bond motifs is 1. The Morgan fingerprint density at radius 3 is 2.34 bits per heavy atom. The highest BCUT2D eigenvalue weighted by atomic mass is 35.5. The molecule has 0 fully saturated rings. The minimum absolute atomic E-state index is 0.0253. The molecule has 0 saturated carbocycles. The molecule has 1 aliphatic carbocycles. The number of carbonyl (C=O) groups excluding carboxylic acids is 3.